The van der Waals surface area contributed by atoms with Crippen molar-refractivity contribution in [1.82, 2.24) is 0 Å². The van der Waals surface area contributed by atoms with E-state index in [0.717, 1.165) is 24.3 Å². The van der Waals surface area contributed by atoms with Crippen LogP contribution in [-0.2, 0) is 11.2 Å². The van der Waals surface area contributed by atoms with Gasteiger partial charge in [0.05, 0.1) is 32.0 Å². The molecule has 2 aromatic carbocycles. The average Bonchev–Trinajstić information content (AvgIpc) is 2.77. The normalized spacial score (nSPS) is 13.7. The van der Waals surface area contributed by atoms with Gasteiger partial charge in [0.15, 0.2) is 11.5 Å². The third-order valence-electron chi connectivity index (χ3n) is 5.34. The maximum atomic E-state index is 12.5. The summed E-state index contributed by atoms with van der Waals surface area (Å²) in [5.74, 6) is 1.61. The molecule has 0 bridgehead atoms. The minimum atomic E-state index is -0.0892. The van der Waals surface area contributed by atoms with Crippen LogP contribution in [0.5, 0.6) is 17.2 Å². The van der Waals surface area contributed by atoms with Crippen molar-refractivity contribution in [3.05, 3.63) is 40.9 Å². The maximum Gasteiger partial charge on any atom is 0.224 e. The van der Waals surface area contributed by atoms with Crippen molar-refractivity contribution in [3.8, 4) is 17.2 Å². The van der Waals surface area contributed by atoms with Gasteiger partial charge < -0.3 is 24.4 Å². The summed E-state index contributed by atoms with van der Waals surface area (Å²) in [5.41, 5.74) is 2.61. The molecule has 0 atom stereocenters. The summed E-state index contributed by atoms with van der Waals surface area (Å²) in [6.45, 7) is 2.05. The Kier molecular flexibility index (Phi) is 7.69. The molecule has 0 radical (unpaired) electrons. The van der Waals surface area contributed by atoms with Crippen LogP contribution in [0.1, 0.15) is 31.2 Å². The molecule has 1 heterocycles. The van der Waals surface area contributed by atoms with Gasteiger partial charge >= 0.3 is 0 Å². The zero-order chi connectivity index (χ0) is 21.5. The lowest BCUT2D eigenvalue weighted by Gasteiger charge is -2.29. The van der Waals surface area contributed by atoms with E-state index in [1.807, 2.05) is 30.3 Å². The summed E-state index contributed by atoms with van der Waals surface area (Å²) < 4.78 is 16.2. The number of hydrogen-bond donors (Lipinski definition) is 1. The van der Waals surface area contributed by atoms with Crippen LogP contribution >= 0.6 is 11.6 Å². The van der Waals surface area contributed by atoms with Crippen LogP contribution in [0.25, 0.3) is 0 Å². The molecule has 3 rings (SSSR count). The van der Waals surface area contributed by atoms with Gasteiger partial charge in [0.25, 0.3) is 0 Å². The number of ether oxygens (including phenoxy) is 3. The van der Waals surface area contributed by atoms with Crippen LogP contribution in [0.15, 0.2) is 30.3 Å². The second-order valence-electron chi connectivity index (χ2n) is 7.26. The van der Waals surface area contributed by atoms with E-state index in [4.69, 9.17) is 25.8 Å². The fourth-order valence-corrected chi connectivity index (χ4v) is 4.11. The standard InChI is InChI=1S/C23H29ClN2O4/c1-28-20-11-7-16(22(29-2)23(20)30-3)8-12-21(27)25-17-9-10-19(18(24)15-17)26-13-5-4-6-14-26/h7,9-11,15H,4-6,8,12-14H2,1-3H3,(H,25,27). The Bertz CT molecular complexity index is 882. The first-order valence-electron chi connectivity index (χ1n) is 10.2. The van der Waals surface area contributed by atoms with E-state index >= 15 is 0 Å². The number of carbonyl (C=O) groups is 1. The van der Waals surface area contributed by atoms with Gasteiger partial charge in [-0.25, -0.2) is 0 Å². The number of nitrogens with one attached hydrogen (secondary N) is 1. The predicted molar refractivity (Wildman–Crippen MR) is 121 cm³/mol. The molecule has 1 aliphatic rings. The van der Waals surface area contributed by atoms with Crippen LogP contribution in [-0.4, -0.2) is 40.3 Å². The highest BCUT2D eigenvalue weighted by Crippen LogP contribution is 2.40. The van der Waals surface area contributed by atoms with Gasteiger partial charge in [-0.05, 0) is 55.5 Å². The lowest BCUT2D eigenvalue weighted by molar-refractivity contribution is -0.116. The largest absolute Gasteiger partial charge is 0.493 e. The summed E-state index contributed by atoms with van der Waals surface area (Å²) in [6.07, 6.45) is 4.46. The topological polar surface area (TPSA) is 60.0 Å². The van der Waals surface area contributed by atoms with E-state index in [1.54, 1.807) is 21.3 Å². The first kappa shape index (κ1) is 22.1. The number of aryl methyl sites for hydroxylation is 1. The molecule has 162 valence electrons. The molecule has 2 aromatic rings. The van der Waals surface area contributed by atoms with Crippen LogP contribution in [0, 0.1) is 0 Å². The van der Waals surface area contributed by atoms with Gasteiger partial charge in [-0.3, -0.25) is 4.79 Å². The first-order valence-corrected chi connectivity index (χ1v) is 10.6. The monoisotopic (exact) mass is 432 g/mol. The smallest absolute Gasteiger partial charge is 0.224 e. The highest BCUT2D eigenvalue weighted by atomic mass is 35.5. The van der Waals surface area contributed by atoms with E-state index in [9.17, 15) is 4.79 Å². The molecule has 1 fully saturated rings. The van der Waals surface area contributed by atoms with Crippen molar-refractivity contribution in [3.63, 3.8) is 0 Å². The van der Waals surface area contributed by atoms with Gasteiger partial charge in [0.2, 0.25) is 11.7 Å². The number of carbonyl (C=O) groups excluding carboxylic acids is 1. The second-order valence-corrected chi connectivity index (χ2v) is 7.66. The quantitative estimate of drug-likeness (QED) is 0.641. The molecular formula is C23H29ClN2O4. The van der Waals surface area contributed by atoms with Gasteiger partial charge in [-0.15, -0.1) is 0 Å². The van der Waals surface area contributed by atoms with Crippen molar-refractivity contribution in [2.24, 2.45) is 0 Å². The lowest BCUT2D eigenvalue weighted by Crippen LogP contribution is -2.29. The second kappa shape index (κ2) is 10.4. The number of methoxy groups -OCH3 is 3. The minimum Gasteiger partial charge on any atom is -0.493 e. The Morgan fingerprint density at radius 1 is 1.00 bits per heavy atom. The zero-order valence-electron chi connectivity index (χ0n) is 17.8. The fraction of sp³-hybridized carbons (Fsp3) is 0.435. The molecule has 7 heteroatoms. The molecule has 0 saturated carbocycles. The predicted octanol–water partition coefficient (Wildman–Crippen LogP) is 4.93. The van der Waals surface area contributed by atoms with Crippen molar-refractivity contribution in [2.45, 2.75) is 32.1 Å². The molecular weight excluding hydrogens is 404 g/mol. The third-order valence-corrected chi connectivity index (χ3v) is 5.64. The number of hydrogen-bond acceptors (Lipinski definition) is 5. The molecule has 1 aliphatic heterocycles. The van der Waals surface area contributed by atoms with Gasteiger partial charge in [-0.2, -0.15) is 0 Å². The Hall–Kier alpha value is -2.60. The Morgan fingerprint density at radius 2 is 1.73 bits per heavy atom. The number of piperidine rings is 1. The lowest BCUT2D eigenvalue weighted by atomic mass is 10.1. The van der Waals surface area contributed by atoms with E-state index in [0.29, 0.717) is 40.8 Å². The Balaban J connectivity index is 1.63. The summed E-state index contributed by atoms with van der Waals surface area (Å²) in [5, 5.41) is 3.60. The first-order chi connectivity index (χ1) is 14.6. The number of amides is 1. The summed E-state index contributed by atoms with van der Waals surface area (Å²) >= 11 is 6.49. The van der Waals surface area contributed by atoms with Crippen LogP contribution < -0.4 is 24.4 Å². The molecule has 1 N–H and O–H groups in total. The van der Waals surface area contributed by atoms with E-state index in [2.05, 4.69) is 10.2 Å². The number of nitrogens with zero attached hydrogens (tertiary/aromatic N) is 1. The maximum absolute atomic E-state index is 12.5. The van der Waals surface area contributed by atoms with Crippen LogP contribution in [0.2, 0.25) is 5.02 Å². The number of halogens is 1. The van der Waals surface area contributed by atoms with Crippen molar-refractivity contribution < 1.29 is 19.0 Å². The highest BCUT2D eigenvalue weighted by molar-refractivity contribution is 6.33. The van der Waals surface area contributed by atoms with Crippen LogP contribution in [0.3, 0.4) is 0 Å². The molecule has 0 spiro atoms. The summed E-state index contributed by atoms with van der Waals surface area (Å²) in [6, 6.07) is 9.41. The van der Waals surface area contributed by atoms with Crippen molar-refractivity contribution in [1.29, 1.82) is 0 Å². The fourth-order valence-electron chi connectivity index (χ4n) is 3.81. The van der Waals surface area contributed by atoms with Crippen molar-refractivity contribution >= 4 is 28.9 Å². The van der Waals surface area contributed by atoms with Crippen LogP contribution in [0.4, 0.5) is 11.4 Å². The molecule has 1 saturated heterocycles. The number of anilines is 2. The number of rotatable bonds is 8. The third kappa shape index (κ3) is 5.11. The van der Waals surface area contributed by atoms with Gasteiger partial charge in [-0.1, -0.05) is 17.7 Å². The summed E-state index contributed by atoms with van der Waals surface area (Å²) in [4.78, 5) is 14.8. The SMILES string of the molecule is COc1ccc(CCC(=O)Nc2ccc(N3CCCCC3)c(Cl)c2)c(OC)c1OC. The zero-order valence-corrected chi connectivity index (χ0v) is 18.6. The van der Waals surface area contributed by atoms with E-state index in [1.165, 1.54) is 19.3 Å². The molecule has 30 heavy (non-hydrogen) atoms. The van der Waals surface area contributed by atoms with E-state index < -0.39 is 0 Å². The van der Waals surface area contributed by atoms with Crippen molar-refractivity contribution in [2.75, 3.05) is 44.6 Å². The molecule has 1 amide bonds. The molecule has 0 aliphatic carbocycles. The minimum absolute atomic E-state index is 0.0892. The molecule has 6 nitrogen and oxygen atoms in total. The van der Waals surface area contributed by atoms with Gasteiger partial charge in [0, 0.05) is 25.2 Å². The Morgan fingerprint density at radius 3 is 2.37 bits per heavy atom. The van der Waals surface area contributed by atoms with Gasteiger partial charge in [0.1, 0.15) is 0 Å². The average molecular weight is 433 g/mol. The number of benzene rings is 2. The molecule has 0 unspecified atom stereocenters. The molecule has 0 aromatic heterocycles. The Labute approximate surface area is 183 Å². The van der Waals surface area contributed by atoms with E-state index in [-0.39, 0.29) is 5.91 Å². The summed E-state index contributed by atoms with van der Waals surface area (Å²) in [7, 11) is 4.72. The highest BCUT2D eigenvalue weighted by Gasteiger charge is 2.17.